The van der Waals surface area contributed by atoms with E-state index in [1.165, 1.54) is 81.1 Å². The number of aromatic nitrogens is 1. The largest absolute Gasteiger partial charge is 0.384 e. The lowest BCUT2D eigenvalue weighted by molar-refractivity contribution is 0.00473. The van der Waals surface area contributed by atoms with Gasteiger partial charge in [-0.25, -0.2) is 0 Å². The van der Waals surface area contributed by atoms with Gasteiger partial charge in [-0.15, -0.1) is 11.8 Å². The van der Waals surface area contributed by atoms with Crippen molar-refractivity contribution in [3.05, 3.63) is 59.9 Å². The molecule has 0 saturated carbocycles. The van der Waals surface area contributed by atoms with Crippen LogP contribution in [-0.4, -0.2) is 15.8 Å². The van der Waals surface area contributed by atoms with E-state index in [0.717, 1.165) is 12.0 Å². The Morgan fingerprint density at radius 2 is 1.50 bits per heavy atom. The van der Waals surface area contributed by atoms with Crippen molar-refractivity contribution in [1.82, 2.24) is 4.98 Å². The highest BCUT2D eigenvalue weighted by Gasteiger charge is 2.35. The average Bonchev–Trinajstić information content (AvgIpc) is 2.84. The molecule has 0 bridgehead atoms. The van der Waals surface area contributed by atoms with E-state index in [4.69, 9.17) is 0 Å². The SMILES string of the molecule is CCCCCCCCCCCCc1ccc(SCC(O)(c2cccnc2)C(C)CC)cc1. The molecule has 32 heavy (non-hydrogen) atoms. The molecule has 0 aliphatic rings. The summed E-state index contributed by atoms with van der Waals surface area (Å²) in [5.74, 6) is 0.820. The van der Waals surface area contributed by atoms with E-state index in [9.17, 15) is 5.11 Å². The fourth-order valence-corrected chi connectivity index (χ4v) is 5.40. The summed E-state index contributed by atoms with van der Waals surface area (Å²) in [5, 5.41) is 11.5. The molecule has 0 aliphatic heterocycles. The highest BCUT2D eigenvalue weighted by atomic mass is 32.2. The van der Waals surface area contributed by atoms with Crippen LogP contribution in [0.2, 0.25) is 0 Å². The predicted molar refractivity (Wildman–Crippen MR) is 140 cm³/mol. The fraction of sp³-hybridized carbons (Fsp3) is 0.621. The maximum atomic E-state index is 11.5. The minimum absolute atomic E-state index is 0.176. The van der Waals surface area contributed by atoms with Gasteiger partial charge in [-0.1, -0.05) is 103 Å². The van der Waals surface area contributed by atoms with Crippen molar-refractivity contribution in [2.45, 2.75) is 108 Å². The minimum atomic E-state index is -0.859. The standard InChI is InChI=1S/C29H45NOS/c1-4-6-7-8-9-10-11-12-13-14-16-26-18-20-28(21-19-26)32-24-29(31,25(3)5-2)27-17-15-22-30-23-27/h15,17-23,25,31H,4-14,16,24H2,1-3H3. The first-order valence-corrected chi connectivity index (χ1v) is 13.9. The molecule has 2 atom stereocenters. The number of unbranched alkanes of at least 4 members (excludes halogenated alkanes) is 9. The molecule has 0 fully saturated rings. The van der Waals surface area contributed by atoms with E-state index < -0.39 is 5.60 Å². The van der Waals surface area contributed by atoms with Crippen LogP contribution < -0.4 is 0 Å². The normalized spacial score (nSPS) is 14.2. The third-order valence-corrected chi connectivity index (χ3v) is 7.98. The summed E-state index contributed by atoms with van der Waals surface area (Å²) >= 11 is 1.74. The van der Waals surface area contributed by atoms with E-state index in [1.54, 1.807) is 18.0 Å². The Balaban J connectivity index is 1.71. The Morgan fingerprint density at radius 1 is 0.875 bits per heavy atom. The number of hydrogen-bond acceptors (Lipinski definition) is 3. The van der Waals surface area contributed by atoms with Gasteiger partial charge in [0.25, 0.3) is 0 Å². The number of aryl methyl sites for hydroxylation is 1. The number of hydrogen-bond donors (Lipinski definition) is 1. The number of nitrogens with zero attached hydrogens (tertiary/aromatic N) is 1. The van der Waals surface area contributed by atoms with Crippen molar-refractivity contribution in [1.29, 1.82) is 0 Å². The predicted octanol–water partition coefficient (Wildman–Crippen LogP) is 8.57. The molecule has 0 radical (unpaired) electrons. The van der Waals surface area contributed by atoms with E-state index in [1.807, 2.05) is 18.3 Å². The lowest BCUT2D eigenvalue weighted by Gasteiger charge is -2.33. The maximum absolute atomic E-state index is 11.5. The summed E-state index contributed by atoms with van der Waals surface area (Å²) < 4.78 is 0. The second-order valence-electron chi connectivity index (χ2n) is 9.34. The van der Waals surface area contributed by atoms with Crippen molar-refractivity contribution in [3.63, 3.8) is 0 Å². The zero-order chi connectivity index (χ0) is 23.1. The molecule has 0 amide bonds. The molecule has 178 valence electrons. The van der Waals surface area contributed by atoms with E-state index in [2.05, 4.69) is 50.0 Å². The molecule has 1 aromatic heterocycles. The highest BCUT2D eigenvalue weighted by molar-refractivity contribution is 7.99. The molecule has 2 unspecified atom stereocenters. The Bertz CT molecular complexity index is 718. The Hall–Kier alpha value is -1.32. The molecule has 1 N–H and O–H groups in total. The Kier molecular flexibility index (Phi) is 13.0. The molecular formula is C29H45NOS. The maximum Gasteiger partial charge on any atom is 0.103 e. The van der Waals surface area contributed by atoms with Crippen molar-refractivity contribution in [2.24, 2.45) is 5.92 Å². The van der Waals surface area contributed by atoms with Gasteiger partial charge in [0.1, 0.15) is 5.60 Å². The fourth-order valence-electron chi connectivity index (χ4n) is 4.23. The Labute approximate surface area is 201 Å². The third kappa shape index (κ3) is 9.27. The highest BCUT2D eigenvalue weighted by Crippen LogP contribution is 2.37. The zero-order valence-electron chi connectivity index (χ0n) is 20.7. The smallest absolute Gasteiger partial charge is 0.103 e. The second-order valence-corrected chi connectivity index (χ2v) is 10.4. The number of rotatable bonds is 17. The second kappa shape index (κ2) is 15.5. The van der Waals surface area contributed by atoms with Crippen molar-refractivity contribution < 1.29 is 5.11 Å². The summed E-state index contributed by atoms with van der Waals surface area (Å²) in [7, 11) is 0. The van der Waals surface area contributed by atoms with Gasteiger partial charge in [0, 0.05) is 28.6 Å². The van der Waals surface area contributed by atoms with Crippen LogP contribution in [0.25, 0.3) is 0 Å². The number of thioether (sulfide) groups is 1. The first-order valence-electron chi connectivity index (χ1n) is 12.9. The first-order chi connectivity index (χ1) is 15.6. The average molecular weight is 456 g/mol. The van der Waals surface area contributed by atoms with Crippen LogP contribution in [0.3, 0.4) is 0 Å². The van der Waals surface area contributed by atoms with Crippen LogP contribution >= 0.6 is 11.8 Å². The molecule has 2 nitrogen and oxygen atoms in total. The van der Waals surface area contributed by atoms with Gasteiger partial charge >= 0.3 is 0 Å². The summed E-state index contributed by atoms with van der Waals surface area (Å²) in [6.45, 7) is 6.55. The van der Waals surface area contributed by atoms with E-state index in [0.29, 0.717) is 5.75 Å². The summed E-state index contributed by atoms with van der Waals surface area (Å²) in [6, 6.07) is 12.9. The minimum Gasteiger partial charge on any atom is -0.384 e. The van der Waals surface area contributed by atoms with Gasteiger partial charge in [0.2, 0.25) is 0 Å². The van der Waals surface area contributed by atoms with Crippen LogP contribution in [0.1, 0.15) is 103 Å². The number of aliphatic hydroxyl groups is 1. The molecule has 2 rings (SSSR count). The van der Waals surface area contributed by atoms with Crippen molar-refractivity contribution in [2.75, 3.05) is 5.75 Å². The van der Waals surface area contributed by atoms with Gasteiger partial charge in [-0.2, -0.15) is 0 Å². The van der Waals surface area contributed by atoms with Crippen LogP contribution in [0.5, 0.6) is 0 Å². The van der Waals surface area contributed by atoms with Crippen molar-refractivity contribution in [3.8, 4) is 0 Å². The first kappa shape index (κ1) is 26.9. The van der Waals surface area contributed by atoms with Crippen LogP contribution in [0.4, 0.5) is 0 Å². The molecule has 3 heteroatoms. The monoisotopic (exact) mass is 455 g/mol. The van der Waals surface area contributed by atoms with Gasteiger partial charge < -0.3 is 5.11 Å². The van der Waals surface area contributed by atoms with Crippen LogP contribution in [0, 0.1) is 5.92 Å². The van der Waals surface area contributed by atoms with Gasteiger partial charge in [0.15, 0.2) is 0 Å². The van der Waals surface area contributed by atoms with Gasteiger partial charge in [0.05, 0.1) is 0 Å². The molecule has 0 spiro atoms. The van der Waals surface area contributed by atoms with Gasteiger partial charge in [-0.3, -0.25) is 4.98 Å². The topological polar surface area (TPSA) is 33.1 Å². The molecule has 2 aromatic rings. The summed E-state index contributed by atoms with van der Waals surface area (Å²) in [6.07, 6.45) is 19.5. The number of benzene rings is 1. The quantitative estimate of drug-likeness (QED) is 0.191. The summed E-state index contributed by atoms with van der Waals surface area (Å²) in [4.78, 5) is 5.46. The molecule has 1 heterocycles. The Morgan fingerprint density at radius 3 is 2.06 bits per heavy atom. The lowest BCUT2D eigenvalue weighted by Crippen LogP contribution is -2.36. The van der Waals surface area contributed by atoms with Crippen LogP contribution in [0.15, 0.2) is 53.7 Å². The van der Waals surface area contributed by atoms with Gasteiger partial charge in [-0.05, 0) is 42.5 Å². The molecular weight excluding hydrogens is 410 g/mol. The van der Waals surface area contributed by atoms with Crippen LogP contribution in [-0.2, 0) is 12.0 Å². The number of pyridine rings is 1. The zero-order valence-corrected chi connectivity index (χ0v) is 21.5. The molecule has 1 aromatic carbocycles. The van der Waals surface area contributed by atoms with E-state index >= 15 is 0 Å². The van der Waals surface area contributed by atoms with Crippen molar-refractivity contribution >= 4 is 11.8 Å². The molecule has 0 aliphatic carbocycles. The summed E-state index contributed by atoms with van der Waals surface area (Å²) in [5.41, 5.74) is 1.49. The third-order valence-electron chi connectivity index (χ3n) is 6.79. The lowest BCUT2D eigenvalue weighted by atomic mass is 9.83. The molecule has 0 saturated heterocycles. The van der Waals surface area contributed by atoms with E-state index in [-0.39, 0.29) is 5.92 Å².